The van der Waals surface area contributed by atoms with Crippen LogP contribution >= 0.6 is 0 Å². The highest BCUT2D eigenvalue weighted by molar-refractivity contribution is 5.75. The Morgan fingerprint density at radius 3 is 3.00 bits per heavy atom. The van der Waals surface area contributed by atoms with Gasteiger partial charge in [0.2, 0.25) is 5.91 Å². The van der Waals surface area contributed by atoms with Crippen LogP contribution in [0.3, 0.4) is 0 Å². The maximum Gasteiger partial charge on any atom is 0.220 e. The van der Waals surface area contributed by atoms with E-state index in [9.17, 15) is 4.79 Å². The normalized spacial score (nSPS) is 10.1. The van der Waals surface area contributed by atoms with Gasteiger partial charge in [-0.05, 0) is 37.0 Å². The molecule has 1 amide bonds. The van der Waals surface area contributed by atoms with Crippen molar-refractivity contribution < 1.29 is 9.90 Å². The zero-order valence-corrected chi connectivity index (χ0v) is 9.57. The Labute approximate surface area is 95.7 Å². The summed E-state index contributed by atoms with van der Waals surface area (Å²) >= 11 is 0. The third kappa shape index (κ3) is 4.40. The Bertz CT molecular complexity index is 340. The second-order valence-corrected chi connectivity index (χ2v) is 3.76. The van der Waals surface area contributed by atoms with E-state index in [1.54, 1.807) is 12.4 Å². The summed E-state index contributed by atoms with van der Waals surface area (Å²) in [5.41, 5.74) is 2.17. The highest BCUT2D eigenvalue weighted by atomic mass is 16.2. The summed E-state index contributed by atoms with van der Waals surface area (Å²) in [6.45, 7) is 2.67. The number of aromatic nitrogens is 1. The molecule has 0 saturated carbocycles. The molecule has 0 spiro atoms. The van der Waals surface area contributed by atoms with Crippen LogP contribution in [0.15, 0.2) is 18.5 Å². The van der Waals surface area contributed by atoms with E-state index in [-0.39, 0.29) is 12.5 Å². The van der Waals surface area contributed by atoms with Crippen LogP contribution in [0.1, 0.15) is 30.4 Å². The molecule has 1 rings (SSSR count). The number of carbonyl (C=O) groups excluding carboxylic acids is 1. The van der Waals surface area contributed by atoms with Crippen LogP contribution < -0.4 is 5.32 Å². The van der Waals surface area contributed by atoms with Crippen LogP contribution in [-0.2, 0) is 11.3 Å². The van der Waals surface area contributed by atoms with Crippen molar-refractivity contribution in [3.8, 4) is 0 Å². The molecule has 0 aliphatic heterocycles. The van der Waals surface area contributed by atoms with Gasteiger partial charge in [-0.15, -0.1) is 0 Å². The SMILES string of the molecule is Cc1cnccc1CNC(=O)CCCCO. The summed E-state index contributed by atoms with van der Waals surface area (Å²) in [7, 11) is 0. The molecule has 2 N–H and O–H groups in total. The van der Waals surface area contributed by atoms with Crippen molar-refractivity contribution in [1.29, 1.82) is 0 Å². The predicted octanol–water partition coefficient (Wildman–Crippen LogP) is 1.17. The van der Waals surface area contributed by atoms with E-state index < -0.39 is 0 Å². The summed E-state index contributed by atoms with van der Waals surface area (Å²) < 4.78 is 0. The fraction of sp³-hybridized carbons (Fsp3) is 0.500. The molecule has 0 saturated heterocycles. The molecule has 0 aliphatic carbocycles. The van der Waals surface area contributed by atoms with Crippen molar-refractivity contribution in [1.82, 2.24) is 10.3 Å². The molecule has 88 valence electrons. The zero-order valence-electron chi connectivity index (χ0n) is 9.57. The van der Waals surface area contributed by atoms with Gasteiger partial charge in [-0.3, -0.25) is 9.78 Å². The number of rotatable bonds is 6. The molecular formula is C12H18N2O2. The van der Waals surface area contributed by atoms with Crippen LogP contribution in [-0.4, -0.2) is 22.6 Å². The lowest BCUT2D eigenvalue weighted by atomic mass is 10.1. The van der Waals surface area contributed by atoms with Gasteiger partial charge >= 0.3 is 0 Å². The number of aliphatic hydroxyl groups excluding tert-OH is 1. The Morgan fingerprint density at radius 1 is 1.50 bits per heavy atom. The standard InChI is InChI=1S/C12H18N2O2/c1-10-8-13-6-5-11(10)9-14-12(16)4-2-3-7-15/h5-6,8,15H,2-4,7,9H2,1H3,(H,14,16). The molecule has 0 fully saturated rings. The molecule has 0 aromatic carbocycles. The number of aryl methyl sites for hydroxylation is 1. The van der Waals surface area contributed by atoms with E-state index in [0.29, 0.717) is 19.4 Å². The number of aliphatic hydroxyl groups is 1. The van der Waals surface area contributed by atoms with Crippen LogP contribution in [0.4, 0.5) is 0 Å². The second-order valence-electron chi connectivity index (χ2n) is 3.76. The van der Waals surface area contributed by atoms with Gasteiger partial charge in [0, 0.05) is 32.0 Å². The van der Waals surface area contributed by atoms with Crippen molar-refractivity contribution in [2.75, 3.05) is 6.61 Å². The number of amides is 1. The van der Waals surface area contributed by atoms with Crippen molar-refractivity contribution in [2.45, 2.75) is 32.7 Å². The zero-order chi connectivity index (χ0) is 11.8. The number of pyridine rings is 1. The monoisotopic (exact) mass is 222 g/mol. The van der Waals surface area contributed by atoms with E-state index in [1.165, 1.54) is 0 Å². The number of nitrogens with zero attached hydrogens (tertiary/aromatic N) is 1. The number of hydrogen-bond donors (Lipinski definition) is 2. The van der Waals surface area contributed by atoms with Crippen molar-refractivity contribution in [3.63, 3.8) is 0 Å². The molecule has 4 heteroatoms. The highest BCUT2D eigenvalue weighted by Crippen LogP contribution is 2.04. The molecule has 4 nitrogen and oxygen atoms in total. The van der Waals surface area contributed by atoms with Gasteiger partial charge in [0.05, 0.1) is 0 Å². The lowest BCUT2D eigenvalue weighted by Crippen LogP contribution is -2.22. The van der Waals surface area contributed by atoms with E-state index in [1.807, 2.05) is 13.0 Å². The molecule has 16 heavy (non-hydrogen) atoms. The first-order valence-corrected chi connectivity index (χ1v) is 5.51. The highest BCUT2D eigenvalue weighted by Gasteiger charge is 2.02. The molecule has 0 atom stereocenters. The summed E-state index contributed by atoms with van der Waals surface area (Å²) in [4.78, 5) is 15.4. The van der Waals surface area contributed by atoms with Crippen LogP contribution in [0, 0.1) is 6.92 Å². The Morgan fingerprint density at radius 2 is 2.31 bits per heavy atom. The minimum Gasteiger partial charge on any atom is -0.396 e. The molecule has 0 unspecified atom stereocenters. The largest absolute Gasteiger partial charge is 0.396 e. The van der Waals surface area contributed by atoms with Gasteiger partial charge in [0.25, 0.3) is 0 Å². The average molecular weight is 222 g/mol. The summed E-state index contributed by atoms with van der Waals surface area (Å²) in [6.07, 6.45) is 5.40. The average Bonchev–Trinajstić information content (AvgIpc) is 2.28. The summed E-state index contributed by atoms with van der Waals surface area (Å²) in [6, 6.07) is 1.91. The summed E-state index contributed by atoms with van der Waals surface area (Å²) in [5.74, 6) is 0.0321. The lowest BCUT2D eigenvalue weighted by Gasteiger charge is -2.07. The fourth-order valence-electron chi connectivity index (χ4n) is 1.38. The number of hydrogen-bond acceptors (Lipinski definition) is 3. The third-order valence-corrected chi connectivity index (χ3v) is 2.42. The van der Waals surface area contributed by atoms with Gasteiger partial charge < -0.3 is 10.4 Å². The van der Waals surface area contributed by atoms with Crippen molar-refractivity contribution in [2.24, 2.45) is 0 Å². The van der Waals surface area contributed by atoms with Crippen molar-refractivity contribution in [3.05, 3.63) is 29.6 Å². The molecule has 1 heterocycles. The number of unbranched alkanes of at least 4 members (excludes halogenated alkanes) is 1. The minimum absolute atomic E-state index is 0.0321. The van der Waals surface area contributed by atoms with Crippen LogP contribution in [0.5, 0.6) is 0 Å². The first kappa shape index (κ1) is 12.6. The smallest absolute Gasteiger partial charge is 0.220 e. The third-order valence-electron chi connectivity index (χ3n) is 2.42. The van der Waals surface area contributed by atoms with E-state index >= 15 is 0 Å². The molecule has 0 aliphatic rings. The first-order valence-electron chi connectivity index (χ1n) is 5.51. The maximum absolute atomic E-state index is 11.4. The van der Waals surface area contributed by atoms with E-state index in [2.05, 4.69) is 10.3 Å². The van der Waals surface area contributed by atoms with Crippen LogP contribution in [0.25, 0.3) is 0 Å². The van der Waals surface area contributed by atoms with Gasteiger partial charge in [-0.2, -0.15) is 0 Å². The first-order chi connectivity index (χ1) is 7.74. The van der Waals surface area contributed by atoms with E-state index in [0.717, 1.165) is 17.5 Å². The lowest BCUT2D eigenvalue weighted by molar-refractivity contribution is -0.121. The van der Waals surface area contributed by atoms with Gasteiger partial charge in [-0.1, -0.05) is 0 Å². The fourth-order valence-corrected chi connectivity index (χ4v) is 1.38. The molecule has 1 aromatic rings. The topological polar surface area (TPSA) is 62.2 Å². The molecular weight excluding hydrogens is 204 g/mol. The van der Waals surface area contributed by atoms with E-state index in [4.69, 9.17) is 5.11 Å². The molecule has 1 aromatic heterocycles. The number of nitrogens with one attached hydrogen (secondary N) is 1. The Hall–Kier alpha value is -1.42. The Kier molecular flexibility index (Phi) is 5.50. The molecule has 0 radical (unpaired) electrons. The molecule has 0 bridgehead atoms. The number of carbonyl (C=O) groups is 1. The second kappa shape index (κ2) is 6.95. The summed E-state index contributed by atoms with van der Waals surface area (Å²) in [5, 5.41) is 11.4. The van der Waals surface area contributed by atoms with Crippen molar-refractivity contribution >= 4 is 5.91 Å². The van der Waals surface area contributed by atoms with Gasteiger partial charge in [0.1, 0.15) is 0 Å². The van der Waals surface area contributed by atoms with Gasteiger partial charge in [-0.25, -0.2) is 0 Å². The maximum atomic E-state index is 11.4. The predicted molar refractivity (Wildman–Crippen MR) is 61.8 cm³/mol. The van der Waals surface area contributed by atoms with Gasteiger partial charge in [0.15, 0.2) is 0 Å². The quantitative estimate of drug-likeness (QED) is 0.710. The Balaban J connectivity index is 2.29. The minimum atomic E-state index is 0.0321. The van der Waals surface area contributed by atoms with Crippen LogP contribution in [0.2, 0.25) is 0 Å².